The van der Waals surface area contributed by atoms with Crippen molar-refractivity contribution < 1.29 is 4.79 Å². The minimum absolute atomic E-state index is 0.0967. The second kappa shape index (κ2) is 6.72. The van der Waals surface area contributed by atoms with Crippen molar-refractivity contribution >= 4 is 17.2 Å². The molecule has 0 unspecified atom stereocenters. The van der Waals surface area contributed by atoms with Crippen LogP contribution in [0.3, 0.4) is 0 Å². The van der Waals surface area contributed by atoms with Crippen molar-refractivity contribution in [3.63, 3.8) is 0 Å². The van der Waals surface area contributed by atoms with E-state index in [2.05, 4.69) is 25.6 Å². The molecule has 0 bridgehead atoms. The molecule has 0 aliphatic heterocycles. The molecule has 0 saturated carbocycles. The maximum Gasteiger partial charge on any atom is 0.314 e. The Morgan fingerprint density at radius 3 is 2.89 bits per heavy atom. The van der Waals surface area contributed by atoms with E-state index in [9.17, 15) is 4.79 Å². The molecule has 2 aromatic heterocycles. The van der Waals surface area contributed by atoms with Crippen LogP contribution in [0.2, 0.25) is 0 Å². The van der Waals surface area contributed by atoms with Gasteiger partial charge in [0.25, 0.3) is 0 Å². The van der Waals surface area contributed by atoms with Crippen LogP contribution in [0.1, 0.15) is 25.3 Å². The Morgan fingerprint density at radius 1 is 1.26 bits per heavy atom. The van der Waals surface area contributed by atoms with Crippen molar-refractivity contribution in [1.82, 2.24) is 25.6 Å². The molecule has 0 aliphatic carbocycles. The van der Waals surface area contributed by atoms with Crippen LogP contribution in [0.4, 0.5) is 4.79 Å². The fourth-order valence-corrected chi connectivity index (χ4v) is 1.87. The first-order chi connectivity index (χ1) is 9.31. The van der Waals surface area contributed by atoms with Crippen molar-refractivity contribution in [2.24, 2.45) is 0 Å². The highest BCUT2D eigenvalue weighted by molar-refractivity contribution is 5.74. The largest absolute Gasteiger partial charge is 0.345 e. The number of hydrogen-bond acceptors (Lipinski definition) is 3. The summed E-state index contributed by atoms with van der Waals surface area (Å²) in [6, 6.07) is -0.0967. The molecule has 2 aromatic rings. The maximum absolute atomic E-state index is 11.3. The molecule has 0 radical (unpaired) electrons. The number of carbonyl (C=O) groups is 1. The van der Waals surface area contributed by atoms with Crippen molar-refractivity contribution in [1.29, 1.82) is 0 Å². The van der Waals surface area contributed by atoms with E-state index in [1.807, 2.05) is 13.1 Å². The van der Waals surface area contributed by atoms with Crippen LogP contribution in [0, 0.1) is 0 Å². The van der Waals surface area contributed by atoms with Gasteiger partial charge in [-0.25, -0.2) is 9.78 Å². The standard InChI is InChI=1S/C13H19N5O/c1-2-5-16-13(19)17-6-3-4-10-9-18-12-11(10)14-7-8-15-12/h7-9H,2-6H2,1H3,(H,15,18)(H2,16,17,19). The molecule has 6 heteroatoms. The number of fused-ring (bicyclic) bond motifs is 1. The van der Waals surface area contributed by atoms with E-state index < -0.39 is 0 Å². The molecule has 0 saturated heterocycles. The highest BCUT2D eigenvalue weighted by atomic mass is 16.2. The molecule has 0 fully saturated rings. The van der Waals surface area contributed by atoms with Crippen LogP contribution >= 0.6 is 0 Å². The summed E-state index contributed by atoms with van der Waals surface area (Å²) in [5, 5.41) is 5.61. The number of H-pyrrole nitrogens is 1. The molecule has 102 valence electrons. The third kappa shape index (κ3) is 3.67. The first-order valence-corrected chi connectivity index (χ1v) is 6.60. The van der Waals surface area contributed by atoms with Gasteiger partial charge in [0, 0.05) is 31.7 Å². The molecule has 0 spiro atoms. The summed E-state index contributed by atoms with van der Waals surface area (Å²) in [7, 11) is 0. The number of amides is 2. The van der Waals surface area contributed by atoms with Gasteiger partial charge in [-0.15, -0.1) is 0 Å². The van der Waals surface area contributed by atoms with Crippen LogP contribution in [-0.2, 0) is 6.42 Å². The second-order valence-corrected chi connectivity index (χ2v) is 4.35. The van der Waals surface area contributed by atoms with Crippen LogP contribution in [0.5, 0.6) is 0 Å². The fourth-order valence-electron chi connectivity index (χ4n) is 1.87. The Hall–Kier alpha value is -2.11. The number of aromatic nitrogens is 3. The lowest BCUT2D eigenvalue weighted by molar-refractivity contribution is 0.241. The smallest absolute Gasteiger partial charge is 0.314 e. The van der Waals surface area contributed by atoms with Gasteiger partial charge >= 0.3 is 6.03 Å². The van der Waals surface area contributed by atoms with E-state index in [-0.39, 0.29) is 6.03 Å². The minimum atomic E-state index is -0.0967. The summed E-state index contributed by atoms with van der Waals surface area (Å²) in [5.74, 6) is 0. The molecule has 3 N–H and O–H groups in total. The van der Waals surface area contributed by atoms with E-state index in [0.717, 1.165) is 36.0 Å². The van der Waals surface area contributed by atoms with Gasteiger partial charge in [-0.3, -0.25) is 4.98 Å². The Balaban J connectivity index is 1.75. The molecule has 2 heterocycles. The topological polar surface area (TPSA) is 82.7 Å². The predicted molar refractivity (Wildman–Crippen MR) is 73.9 cm³/mol. The Morgan fingerprint density at radius 2 is 2.05 bits per heavy atom. The third-order valence-corrected chi connectivity index (χ3v) is 2.83. The summed E-state index contributed by atoms with van der Waals surface area (Å²) in [4.78, 5) is 22.9. The maximum atomic E-state index is 11.3. The zero-order valence-electron chi connectivity index (χ0n) is 11.1. The van der Waals surface area contributed by atoms with Gasteiger partial charge in [-0.2, -0.15) is 0 Å². The lowest BCUT2D eigenvalue weighted by Crippen LogP contribution is -2.36. The van der Waals surface area contributed by atoms with Crippen LogP contribution in [0.15, 0.2) is 18.6 Å². The van der Waals surface area contributed by atoms with Gasteiger partial charge in [-0.1, -0.05) is 6.92 Å². The number of urea groups is 1. The molecular formula is C13H19N5O. The first kappa shape index (κ1) is 13.3. The van der Waals surface area contributed by atoms with Gasteiger partial charge in [0.05, 0.1) is 0 Å². The fraction of sp³-hybridized carbons (Fsp3) is 0.462. The van der Waals surface area contributed by atoms with Gasteiger partial charge in [0.15, 0.2) is 5.65 Å². The Bertz CT molecular complexity index is 537. The number of aromatic amines is 1. The van der Waals surface area contributed by atoms with Gasteiger partial charge < -0.3 is 15.6 Å². The molecule has 2 amide bonds. The Labute approximate surface area is 112 Å². The minimum Gasteiger partial charge on any atom is -0.345 e. The second-order valence-electron chi connectivity index (χ2n) is 4.35. The van der Waals surface area contributed by atoms with Crippen LogP contribution in [0.25, 0.3) is 11.2 Å². The van der Waals surface area contributed by atoms with Gasteiger partial charge in [0.2, 0.25) is 0 Å². The van der Waals surface area contributed by atoms with Crippen LogP contribution < -0.4 is 10.6 Å². The molecular weight excluding hydrogens is 242 g/mol. The number of nitrogens with zero attached hydrogens (tertiary/aromatic N) is 2. The number of carbonyl (C=O) groups excluding carboxylic acids is 1. The monoisotopic (exact) mass is 261 g/mol. The average molecular weight is 261 g/mol. The zero-order chi connectivity index (χ0) is 13.5. The quantitative estimate of drug-likeness (QED) is 0.691. The lowest BCUT2D eigenvalue weighted by atomic mass is 10.2. The highest BCUT2D eigenvalue weighted by Gasteiger charge is 2.05. The van der Waals surface area contributed by atoms with E-state index in [1.54, 1.807) is 12.4 Å². The molecule has 0 aliphatic rings. The number of rotatable bonds is 6. The molecule has 19 heavy (non-hydrogen) atoms. The SMILES string of the molecule is CCCNC(=O)NCCCc1c[nH]c2nccnc12. The van der Waals surface area contributed by atoms with E-state index >= 15 is 0 Å². The highest BCUT2D eigenvalue weighted by Crippen LogP contribution is 2.14. The molecule has 0 aromatic carbocycles. The van der Waals surface area contributed by atoms with E-state index in [4.69, 9.17) is 0 Å². The van der Waals surface area contributed by atoms with Crippen molar-refractivity contribution in [2.75, 3.05) is 13.1 Å². The normalized spacial score (nSPS) is 10.6. The molecule has 2 rings (SSSR count). The van der Waals surface area contributed by atoms with Crippen molar-refractivity contribution in [2.45, 2.75) is 26.2 Å². The summed E-state index contributed by atoms with van der Waals surface area (Å²) in [6.45, 7) is 3.39. The number of aryl methyl sites for hydroxylation is 1. The summed E-state index contributed by atoms with van der Waals surface area (Å²) < 4.78 is 0. The van der Waals surface area contributed by atoms with Crippen LogP contribution in [-0.4, -0.2) is 34.1 Å². The van der Waals surface area contributed by atoms with Gasteiger partial charge in [0.1, 0.15) is 5.52 Å². The predicted octanol–water partition coefficient (Wildman–Crippen LogP) is 1.60. The summed E-state index contributed by atoms with van der Waals surface area (Å²) in [6.07, 6.45) is 7.98. The third-order valence-electron chi connectivity index (χ3n) is 2.83. The average Bonchev–Trinajstić information content (AvgIpc) is 2.85. The van der Waals surface area contributed by atoms with Gasteiger partial charge in [-0.05, 0) is 24.8 Å². The molecule has 6 nitrogen and oxygen atoms in total. The Kier molecular flexibility index (Phi) is 4.72. The first-order valence-electron chi connectivity index (χ1n) is 6.60. The lowest BCUT2D eigenvalue weighted by Gasteiger charge is -2.05. The summed E-state index contributed by atoms with van der Waals surface area (Å²) >= 11 is 0. The van der Waals surface area contributed by atoms with E-state index in [0.29, 0.717) is 13.1 Å². The number of nitrogens with one attached hydrogen (secondary N) is 3. The number of hydrogen-bond donors (Lipinski definition) is 3. The van der Waals surface area contributed by atoms with E-state index in [1.165, 1.54) is 0 Å². The van der Waals surface area contributed by atoms with Crippen molar-refractivity contribution in [3.8, 4) is 0 Å². The zero-order valence-corrected chi connectivity index (χ0v) is 11.1. The van der Waals surface area contributed by atoms with Crippen molar-refractivity contribution in [3.05, 3.63) is 24.2 Å². The molecule has 0 atom stereocenters. The summed E-state index contributed by atoms with van der Waals surface area (Å²) in [5.41, 5.74) is 2.86.